The standard InChI is InChI=1S/C5H6N4OS2/c10-4-6-1-2-3(7-4)9-5(11,12)8-2/h1,8,11-12H,(H2,6,7,9,10). The number of aromatic nitrogens is 2. The van der Waals surface area contributed by atoms with E-state index < -0.39 is 10.0 Å². The van der Waals surface area contributed by atoms with Crippen LogP contribution in [-0.2, 0) is 0 Å². The average molecular weight is 202 g/mol. The molecular formula is C5H6N4OS2. The van der Waals surface area contributed by atoms with Crippen LogP contribution in [0.2, 0.25) is 0 Å². The van der Waals surface area contributed by atoms with Crippen LogP contribution >= 0.6 is 25.3 Å². The van der Waals surface area contributed by atoms with Crippen molar-refractivity contribution < 1.29 is 0 Å². The molecule has 0 aromatic carbocycles. The quantitative estimate of drug-likeness (QED) is 0.305. The fourth-order valence-electron chi connectivity index (χ4n) is 0.981. The minimum absolute atomic E-state index is 0.401. The predicted molar refractivity (Wildman–Crippen MR) is 52.8 cm³/mol. The van der Waals surface area contributed by atoms with Gasteiger partial charge in [-0.15, -0.1) is 25.3 Å². The molecule has 0 unspecified atom stereocenters. The SMILES string of the molecule is O=c1ncc2c([nH]1)NC(S)(S)N2. The molecule has 12 heavy (non-hydrogen) atoms. The van der Waals surface area contributed by atoms with Gasteiger partial charge in [-0.05, 0) is 0 Å². The number of aromatic amines is 1. The van der Waals surface area contributed by atoms with E-state index in [1.165, 1.54) is 6.20 Å². The molecule has 0 atom stereocenters. The van der Waals surface area contributed by atoms with Gasteiger partial charge < -0.3 is 10.6 Å². The highest BCUT2D eigenvalue weighted by molar-refractivity contribution is 8.01. The Kier molecular flexibility index (Phi) is 1.52. The van der Waals surface area contributed by atoms with Gasteiger partial charge in [0, 0.05) is 0 Å². The molecule has 2 rings (SSSR count). The topological polar surface area (TPSA) is 69.8 Å². The first-order valence-electron chi connectivity index (χ1n) is 3.17. The number of thiol groups is 2. The fraction of sp³-hybridized carbons (Fsp3) is 0.200. The van der Waals surface area contributed by atoms with Crippen molar-refractivity contribution in [2.75, 3.05) is 10.6 Å². The predicted octanol–water partition coefficient (Wildman–Crippen LogP) is 0.0782. The molecule has 5 nitrogen and oxygen atoms in total. The number of rotatable bonds is 0. The van der Waals surface area contributed by atoms with Gasteiger partial charge in [0.2, 0.25) is 4.33 Å². The maximum Gasteiger partial charge on any atom is 0.346 e. The molecule has 64 valence electrons. The molecule has 0 amide bonds. The lowest BCUT2D eigenvalue weighted by atomic mass is 10.5. The van der Waals surface area contributed by atoms with Gasteiger partial charge in [0.25, 0.3) is 0 Å². The number of nitrogens with one attached hydrogen (secondary N) is 3. The van der Waals surface area contributed by atoms with Gasteiger partial charge >= 0.3 is 5.69 Å². The van der Waals surface area contributed by atoms with Crippen LogP contribution < -0.4 is 16.3 Å². The summed E-state index contributed by atoms with van der Waals surface area (Å²) in [7, 11) is 0. The highest BCUT2D eigenvalue weighted by atomic mass is 32.2. The smallest absolute Gasteiger partial charge is 0.342 e. The van der Waals surface area contributed by atoms with E-state index in [9.17, 15) is 4.79 Å². The Hall–Kier alpha value is -0.820. The molecule has 0 bridgehead atoms. The summed E-state index contributed by atoms with van der Waals surface area (Å²) in [5, 5.41) is 5.72. The first-order valence-corrected chi connectivity index (χ1v) is 4.07. The zero-order valence-electron chi connectivity index (χ0n) is 5.83. The van der Waals surface area contributed by atoms with Crippen LogP contribution in [0.5, 0.6) is 0 Å². The first kappa shape index (κ1) is 7.81. The van der Waals surface area contributed by atoms with E-state index in [1.54, 1.807) is 0 Å². The zero-order valence-corrected chi connectivity index (χ0v) is 7.62. The van der Waals surface area contributed by atoms with Crippen molar-refractivity contribution in [2.45, 2.75) is 4.33 Å². The van der Waals surface area contributed by atoms with Crippen LogP contribution in [0.15, 0.2) is 11.0 Å². The molecule has 3 N–H and O–H groups in total. The van der Waals surface area contributed by atoms with Crippen molar-refractivity contribution in [1.82, 2.24) is 9.97 Å². The molecule has 1 aliphatic heterocycles. The van der Waals surface area contributed by atoms with Crippen molar-refractivity contribution in [2.24, 2.45) is 0 Å². The molecule has 0 saturated carbocycles. The monoisotopic (exact) mass is 202 g/mol. The lowest BCUT2D eigenvalue weighted by Crippen LogP contribution is -2.27. The Balaban J connectivity index is 2.49. The van der Waals surface area contributed by atoms with E-state index in [2.05, 4.69) is 45.9 Å². The zero-order chi connectivity index (χ0) is 8.77. The van der Waals surface area contributed by atoms with Crippen LogP contribution in [0.25, 0.3) is 0 Å². The largest absolute Gasteiger partial charge is 0.346 e. The van der Waals surface area contributed by atoms with Crippen molar-refractivity contribution >= 4 is 36.8 Å². The fourth-order valence-corrected chi connectivity index (χ4v) is 1.45. The second-order valence-electron chi connectivity index (χ2n) is 2.40. The normalized spacial score (nSPS) is 17.8. The highest BCUT2D eigenvalue weighted by Gasteiger charge is 2.29. The maximum absolute atomic E-state index is 10.8. The molecule has 0 fully saturated rings. The second kappa shape index (κ2) is 2.33. The average Bonchev–Trinajstić information content (AvgIpc) is 2.21. The van der Waals surface area contributed by atoms with Gasteiger partial charge in [-0.3, -0.25) is 4.98 Å². The summed E-state index contributed by atoms with van der Waals surface area (Å²) in [6.45, 7) is 0. The molecule has 0 spiro atoms. The Morgan fingerprint density at radius 2 is 2.17 bits per heavy atom. The molecule has 0 radical (unpaired) electrons. The van der Waals surface area contributed by atoms with Gasteiger partial charge in [0.1, 0.15) is 5.82 Å². The van der Waals surface area contributed by atoms with E-state index in [0.29, 0.717) is 11.5 Å². The van der Waals surface area contributed by atoms with Crippen molar-refractivity contribution in [3.05, 3.63) is 16.7 Å². The van der Waals surface area contributed by atoms with Crippen molar-refractivity contribution in [3.63, 3.8) is 0 Å². The first-order chi connectivity index (χ1) is 5.57. The van der Waals surface area contributed by atoms with Gasteiger partial charge in [-0.2, -0.15) is 4.98 Å². The molecule has 7 heteroatoms. The third-order valence-electron chi connectivity index (χ3n) is 1.42. The lowest BCUT2D eigenvalue weighted by Gasteiger charge is -2.16. The third-order valence-corrected chi connectivity index (χ3v) is 1.87. The molecule has 1 aromatic heterocycles. The Morgan fingerprint density at radius 3 is 2.92 bits per heavy atom. The number of fused-ring (bicyclic) bond motifs is 1. The Labute approximate surface area is 78.8 Å². The molecular weight excluding hydrogens is 196 g/mol. The van der Waals surface area contributed by atoms with Crippen LogP contribution in [0, 0.1) is 0 Å². The molecule has 1 aliphatic rings. The summed E-state index contributed by atoms with van der Waals surface area (Å²) in [6.07, 6.45) is 1.43. The minimum Gasteiger partial charge on any atom is -0.342 e. The number of H-pyrrole nitrogens is 1. The summed E-state index contributed by atoms with van der Waals surface area (Å²) in [5.41, 5.74) is 0.280. The summed E-state index contributed by atoms with van der Waals surface area (Å²) >= 11 is 8.24. The van der Waals surface area contributed by atoms with E-state index in [0.717, 1.165) is 0 Å². The summed E-state index contributed by atoms with van der Waals surface area (Å²) < 4.78 is -0.825. The van der Waals surface area contributed by atoms with Crippen LogP contribution in [0.3, 0.4) is 0 Å². The van der Waals surface area contributed by atoms with E-state index in [1.807, 2.05) is 0 Å². The second-order valence-corrected chi connectivity index (χ2v) is 4.09. The van der Waals surface area contributed by atoms with E-state index in [4.69, 9.17) is 0 Å². The van der Waals surface area contributed by atoms with Crippen LogP contribution in [0.4, 0.5) is 11.5 Å². The third kappa shape index (κ3) is 1.25. The van der Waals surface area contributed by atoms with Crippen LogP contribution in [-0.4, -0.2) is 14.3 Å². The number of hydrogen-bond acceptors (Lipinski definition) is 6. The number of nitrogens with zero attached hydrogens (tertiary/aromatic N) is 1. The number of anilines is 2. The van der Waals surface area contributed by atoms with Crippen molar-refractivity contribution in [3.8, 4) is 0 Å². The summed E-state index contributed by atoms with van der Waals surface area (Å²) in [5.74, 6) is 0.556. The highest BCUT2D eigenvalue weighted by Crippen LogP contribution is 2.34. The Morgan fingerprint density at radius 1 is 1.42 bits per heavy atom. The Bertz CT molecular complexity index is 374. The lowest BCUT2D eigenvalue weighted by molar-refractivity contribution is 1.08. The van der Waals surface area contributed by atoms with E-state index in [-0.39, 0.29) is 0 Å². The van der Waals surface area contributed by atoms with Gasteiger partial charge in [-0.25, -0.2) is 4.79 Å². The molecule has 2 heterocycles. The molecule has 1 aromatic rings. The minimum atomic E-state index is -0.825. The van der Waals surface area contributed by atoms with Gasteiger partial charge in [0.05, 0.1) is 11.9 Å². The summed E-state index contributed by atoms with van der Waals surface area (Å²) in [6, 6.07) is 0. The number of hydrogen-bond donors (Lipinski definition) is 5. The summed E-state index contributed by atoms with van der Waals surface area (Å²) in [4.78, 5) is 16.8. The van der Waals surface area contributed by atoms with Crippen LogP contribution in [0.1, 0.15) is 0 Å². The molecule has 0 saturated heterocycles. The molecule has 0 aliphatic carbocycles. The van der Waals surface area contributed by atoms with E-state index >= 15 is 0 Å². The maximum atomic E-state index is 10.8. The van der Waals surface area contributed by atoms with Gasteiger partial charge in [0.15, 0.2) is 0 Å². The van der Waals surface area contributed by atoms with Gasteiger partial charge in [-0.1, -0.05) is 0 Å². The van der Waals surface area contributed by atoms with Crippen molar-refractivity contribution in [1.29, 1.82) is 0 Å².